The maximum atomic E-state index is 12.9. The molecule has 8 heteroatoms. The zero-order chi connectivity index (χ0) is 22.5. The first-order valence-corrected chi connectivity index (χ1v) is 10.4. The lowest BCUT2D eigenvalue weighted by Crippen LogP contribution is -2.34. The van der Waals surface area contributed by atoms with Crippen LogP contribution in [0.5, 0.6) is 0 Å². The highest BCUT2D eigenvalue weighted by molar-refractivity contribution is 5.96. The molecule has 1 atom stereocenters. The maximum absolute atomic E-state index is 12.9. The van der Waals surface area contributed by atoms with Crippen molar-refractivity contribution in [1.29, 1.82) is 0 Å². The molecule has 0 saturated carbocycles. The largest absolute Gasteiger partial charge is 0.366 e. The molecule has 0 bridgehead atoms. The second-order valence-electron chi connectivity index (χ2n) is 8.09. The number of hydrogen-bond donors (Lipinski definition) is 1. The summed E-state index contributed by atoms with van der Waals surface area (Å²) in [5.41, 5.74) is 2.21. The molecule has 31 heavy (non-hydrogen) atoms. The normalized spacial score (nSPS) is 16.0. The molecule has 2 aromatic carbocycles. The average Bonchev–Trinajstić information content (AvgIpc) is 2.78. The van der Waals surface area contributed by atoms with E-state index in [1.165, 1.54) is 11.0 Å². The van der Waals surface area contributed by atoms with Crippen molar-refractivity contribution >= 4 is 23.2 Å². The third-order valence-corrected chi connectivity index (χ3v) is 5.63. The van der Waals surface area contributed by atoms with Crippen molar-refractivity contribution < 1.29 is 14.5 Å². The fourth-order valence-electron chi connectivity index (χ4n) is 3.95. The standard InChI is InChI=1S/C23H28N4O4/c1-16-5-4-12-26(14-16)20-11-10-19(13-21(20)27(30)31)23(29)25(3)15-17-6-8-18(9-7-17)22(28)24-2/h6-11,13,16H,4-5,12,14-15H2,1-3H3,(H,24,28)/t16-/m1/s1. The van der Waals surface area contributed by atoms with Crippen LogP contribution in [0.2, 0.25) is 0 Å². The van der Waals surface area contributed by atoms with Crippen LogP contribution in [0.4, 0.5) is 11.4 Å². The summed E-state index contributed by atoms with van der Waals surface area (Å²) in [7, 11) is 3.22. The van der Waals surface area contributed by atoms with Crippen molar-refractivity contribution in [2.24, 2.45) is 5.92 Å². The molecule has 0 aliphatic carbocycles. The molecule has 164 valence electrons. The predicted octanol–water partition coefficient (Wildman–Crippen LogP) is 3.46. The highest BCUT2D eigenvalue weighted by Crippen LogP contribution is 2.32. The first kappa shape index (κ1) is 22.3. The van der Waals surface area contributed by atoms with Crippen LogP contribution >= 0.6 is 0 Å². The Morgan fingerprint density at radius 2 is 1.87 bits per heavy atom. The van der Waals surface area contributed by atoms with Crippen LogP contribution < -0.4 is 10.2 Å². The third-order valence-electron chi connectivity index (χ3n) is 5.63. The van der Waals surface area contributed by atoms with Gasteiger partial charge in [0.15, 0.2) is 0 Å². The lowest BCUT2D eigenvalue weighted by atomic mass is 9.99. The monoisotopic (exact) mass is 424 g/mol. The summed E-state index contributed by atoms with van der Waals surface area (Å²) in [5.74, 6) is 0.0131. The first-order valence-electron chi connectivity index (χ1n) is 10.4. The van der Waals surface area contributed by atoms with E-state index >= 15 is 0 Å². The van der Waals surface area contributed by atoms with Gasteiger partial charge in [0.1, 0.15) is 5.69 Å². The van der Waals surface area contributed by atoms with Crippen LogP contribution in [0.15, 0.2) is 42.5 Å². The number of anilines is 1. The highest BCUT2D eigenvalue weighted by Gasteiger charge is 2.26. The number of amides is 2. The zero-order valence-electron chi connectivity index (χ0n) is 18.1. The van der Waals surface area contributed by atoms with Crippen molar-refractivity contribution in [3.63, 3.8) is 0 Å². The molecule has 0 radical (unpaired) electrons. The van der Waals surface area contributed by atoms with Gasteiger partial charge in [-0.25, -0.2) is 0 Å². The summed E-state index contributed by atoms with van der Waals surface area (Å²) < 4.78 is 0. The lowest BCUT2D eigenvalue weighted by molar-refractivity contribution is -0.384. The molecule has 1 heterocycles. The number of benzene rings is 2. The Labute approximate surface area is 182 Å². The van der Waals surface area contributed by atoms with E-state index in [0.29, 0.717) is 23.7 Å². The van der Waals surface area contributed by atoms with Gasteiger partial charge in [-0.05, 0) is 48.6 Å². The summed E-state index contributed by atoms with van der Waals surface area (Å²) in [4.78, 5) is 39.4. The molecule has 1 fully saturated rings. The summed E-state index contributed by atoms with van der Waals surface area (Å²) in [6, 6.07) is 11.7. The molecule has 1 N–H and O–H groups in total. The average molecular weight is 425 g/mol. The van der Waals surface area contributed by atoms with Crippen LogP contribution in [0.1, 0.15) is 46.0 Å². The molecule has 0 unspecified atom stereocenters. The molecular formula is C23H28N4O4. The van der Waals surface area contributed by atoms with Gasteiger partial charge in [0.2, 0.25) is 0 Å². The van der Waals surface area contributed by atoms with E-state index in [4.69, 9.17) is 0 Å². The molecule has 0 spiro atoms. The molecule has 8 nitrogen and oxygen atoms in total. The zero-order valence-corrected chi connectivity index (χ0v) is 18.1. The number of nitrogens with zero attached hydrogens (tertiary/aromatic N) is 3. The fraction of sp³-hybridized carbons (Fsp3) is 0.391. The van der Waals surface area contributed by atoms with E-state index < -0.39 is 4.92 Å². The Kier molecular flexibility index (Phi) is 6.89. The Hall–Kier alpha value is -3.42. The second-order valence-corrected chi connectivity index (χ2v) is 8.09. The third kappa shape index (κ3) is 5.20. The van der Waals surface area contributed by atoms with Crippen molar-refractivity contribution in [3.05, 3.63) is 69.3 Å². The summed E-state index contributed by atoms with van der Waals surface area (Å²) in [5, 5.41) is 14.3. The van der Waals surface area contributed by atoms with E-state index in [2.05, 4.69) is 12.2 Å². The number of nitrogens with one attached hydrogen (secondary N) is 1. The molecule has 2 aromatic rings. The van der Waals surface area contributed by atoms with Crippen LogP contribution in [0.25, 0.3) is 0 Å². The van der Waals surface area contributed by atoms with Crippen LogP contribution in [-0.2, 0) is 6.54 Å². The second kappa shape index (κ2) is 9.59. The molecular weight excluding hydrogens is 396 g/mol. The van der Waals surface area contributed by atoms with Gasteiger partial charge in [0.25, 0.3) is 17.5 Å². The Morgan fingerprint density at radius 1 is 1.19 bits per heavy atom. The molecule has 3 rings (SSSR count). The Morgan fingerprint density at radius 3 is 2.48 bits per heavy atom. The number of carbonyl (C=O) groups is 2. The summed E-state index contributed by atoms with van der Waals surface area (Å²) >= 11 is 0. The fourth-order valence-corrected chi connectivity index (χ4v) is 3.95. The SMILES string of the molecule is CNC(=O)c1ccc(CN(C)C(=O)c2ccc(N3CCC[C@@H](C)C3)c([N+](=O)[O-])c2)cc1. The molecule has 1 aliphatic rings. The van der Waals surface area contributed by atoms with Gasteiger partial charge in [-0.2, -0.15) is 0 Å². The summed E-state index contributed by atoms with van der Waals surface area (Å²) in [6.45, 7) is 4.03. The smallest absolute Gasteiger partial charge is 0.293 e. The van der Waals surface area contributed by atoms with E-state index in [-0.39, 0.29) is 23.1 Å². The summed E-state index contributed by atoms with van der Waals surface area (Å²) in [6.07, 6.45) is 2.12. The van der Waals surface area contributed by atoms with Crippen LogP contribution in [0.3, 0.4) is 0 Å². The Bertz CT molecular complexity index is 974. The van der Waals surface area contributed by atoms with E-state index in [0.717, 1.165) is 31.5 Å². The topological polar surface area (TPSA) is 95.8 Å². The molecule has 1 saturated heterocycles. The minimum Gasteiger partial charge on any atom is -0.366 e. The van der Waals surface area contributed by atoms with Crippen molar-refractivity contribution in [2.75, 3.05) is 32.1 Å². The number of nitro benzene ring substituents is 1. The highest BCUT2D eigenvalue weighted by atomic mass is 16.6. The van der Waals surface area contributed by atoms with Gasteiger partial charge in [0, 0.05) is 50.9 Å². The maximum Gasteiger partial charge on any atom is 0.293 e. The van der Waals surface area contributed by atoms with Crippen molar-refractivity contribution in [3.8, 4) is 0 Å². The number of rotatable bonds is 6. The molecule has 0 aromatic heterocycles. The van der Waals surface area contributed by atoms with E-state index in [1.54, 1.807) is 50.5 Å². The van der Waals surface area contributed by atoms with Crippen molar-refractivity contribution in [2.45, 2.75) is 26.3 Å². The number of hydrogen-bond acceptors (Lipinski definition) is 5. The van der Waals surface area contributed by atoms with Gasteiger partial charge in [-0.3, -0.25) is 19.7 Å². The van der Waals surface area contributed by atoms with Crippen molar-refractivity contribution in [1.82, 2.24) is 10.2 Å². The lowest BCUT2D eigenvalue weighted by Gasteiger charge is -2.32. The van der Waals surface area contributed by atoms with E-state index in [9.17, 15) is 19.7 Å². The number of piperidine rings is 1. The van der Waals surface area contributed by atoms with Gasteiger partial charge >= 0.3 is 0 Å². The predicted molar refractivity (Wildman–Crippen MR) is 119 cm³/mol. The number of carbonyl (C=O) groups excluding carboxylic acids is 2. The van der Waals surface area contributed by atoms with Gasteiger partial charge < -0.3 is 15.1 Å². The van der Waals surface area contributed by atoms with Crippen LogP contribution in [0, 0.1) is 16.0 Å². The minimum atomic E-state index is -0.414. The Balaban J connectivity index is 1.76. The first-order chi connectivity index (χ1) is 14.8. The van der Waals surface area contributed by atoms with E-state index in [1.807, 2.05) is 4.90 Å². The molecule has 2 amide bonds. The van der Waals surface area contributed by atoms with Gasteiger partial charge in [-0.1, -0.05) is 19.1 Å². The quantitative estimate of drug-likeness (QED) is 0.566. The van der Waals surface area contributed by atoms with Gasteiger partial charge in [-0.15, -0.1) is 0 Å². The molecule has 1 aliphatic heterocycles. The van der Waals surface area contributed by atoms with Gasteiger partial charge in [0.05, 0.1) is 4.92 Å². The number of nitro groups is 1. The minimum absolute atomic E-state index is 0.0386. The van der Waals surface area contributed by atoms with Crippen LogP contribution in [-0.4, -0.2) is 48.8 Å².